The molecule has 0 unspecified atom stereocenters. The molecular weight excluding hydrogens is 370 g/mol. The van der Waals surface area contributed by atoms with Crippen LogP contribution in [0, 0.1) is 0 Å². The summed E-state index contributed by atoms with van der Waals surface area (Å²) in [6.45, 7) is 2.34. The molecule has 2 aromatic carbocycles. The number of nitrogens with one attached hydrogen (secondary N) is 1. The summed E-state index contributed by atoms with van der Waals surface area (Å²) in [4.78, 5) is 1.21. The van der Waals surface area contributed by atoms with Gasteiger partial charge in [-0.3, -0.25) is 4.72 Å². The van der Waals surface area contributed by atoms with E-state index in [1.54, 1.807) is 11.9 Å². The number of furan rings is 1. The highest BCUT2D eigenvalue weighted by Crippen LogP contribution is 2.35. The van der Waals surface area contributed by atoms with Crippen LogP contribution in [-0.4, -0.2) is 5.54 Å². The predicted octanol–water partition coefficient (Wildman–Crippen LogP) is 6.67. The average molecular weight is 390 g/mol. The molecule has 0 amide bonds. The van der Waals surface area contributed by atoms with Gasteiger partial charge in [-0.05, 0) is 68.1 Å². The zero-order chi connectivity index (χ0) is 15.9. The first-order valence-electron chi connectivity index (χ1n) is 8.19. The lowest BCUT2D eigenvalue weighted by Crippen LogP contribution is -2.39. The maximum absolute atomic E-state index is 6.00. The molecule has 0 bridgehead atoms. The monoisotopic (exact) mass is 389 g/mol. The lowest BCUT2D eigenvalue weighted by Gasteiger charge is -2.34. The molecule has 2 nitrogen and oxygen atoms in total. The van der Waals surface area contributed by atoms with Gasteiger partial charge in [-0.15, -0.1) is 0 Å². The van der Waals surface area contributed by atoms with Crippen molar-refractivity contribution in [2.75, 3.05) is 0 Å². The van der Waals surface area contributed by atoms with Gasteiger partial charge in [0.2, 0.25) is 0 Å². The molecule has 0 aliphatic heterocycles. The summed E-state index contributed by atoms with van der Waals surface area (Å²) in [6, 6.07) is 12.7. The second-order valence-corrected chi connectivity index (χ2v) is 8.52. The lowest BCUT2D eigenvalue weighted by molar-refractivity contribution is 0.301. The van der Waals surface area contributed by atoms with Crippen molar-refractivity contribution in [3.8, 4) is 0 Å². The summed E-state index contributed by atoms with van der Waals surface area (Å²) in [6.07, 6.45) is 6.58. The van der Waals surface area contributed by atoms with Gasteiger partial charge in [-0.1, -0.05) is 35.2 Å². The van der Waals surface area contributed by atoms with Crippen LogP contribution in [0.4, 0.5) is 0 Å². The SMILES string of the molecule is CC1(NSc2ccc3c(c2)oc2ccc(Br)cc23)CCCCC1. The van der Waals surface area contributed by atoms with Gasteiger partial charge >= 0.3 is 0 Å². The lowest BCUT2D eigenvalue weighted by atomic mass is 9.84. The Kier molecular flexibility index (Phi) is 4.16. The van der Waals surface area contributed by atoms with Crippen LogP contribution in [0.15, 0.2) is 50.2 Å². The van der Waals surface area contributed by atoms with Crippen molar-refractivity contribution in [1.82, 2.24) is 4.72 Å². The van der Waals surface area contributed by atoms with E-state index < -0.39 is 0 Å². The molecule has 0 saturated heterocycles. The van der Waals surface area contributed by atoms with Gasteiger partial charge in [0.05, 0.1) is 0 Å². The first-order valence-corrected chi connectivity index (χ1v) is 9.80. The standard InChI is InChI=1S/C19H20BrNOS/c1-19(9-3-2-4-10-19)21-23-14-6-7-15-16-11-13(20)5-8-17(16)22-18(15)12-14/h5-8,11-12,21H,2-4,9-10H2,1H3. The highest BCUT2D eigenvalue weighted by molar-refractivity contribution is 9.10. The normalized spacial score (nSPS) is 17.8. The van der Waals surface area contributed by atoms with Crippen molar-refractivity contribution in [2.24, 2.45) is 0 Å². The molecule has 23 heavy (non-hydrogen) atoms. The minimum absolute atomic E-state index is 0.261. The van der Waals surface area contributed by atoms with E-state index >= 15 is 0 Å². The summed E-state index contributed by atoms with van der Waals surface area (Å²) < 4.78 is 10.8. The summed E-state index contributed by atoms with van der Waals surface area (Å²) in [7, 11) is 0. The number of hydrogen-bond acceptors (Lipinski definition) is 3. The Morgan fingerprint density at radius 1 is 1.00 bits per heavy atom. The van der Waals surface area contributed by atoms with Gasteiger partial charge in [-0.25, -0.2) is 0 Å². The van der Waals surface area contributed by atoms with E-state index in [2.05, 4.69) is 51.8 Å². The van der Waals surface area contributed by atoms with Gasteiger partial charge in [0.15, 0.2) is 0 Å². The molecule has 4 heteroatoms. The quantitative estimate of drug-likeness (QED) is 0.506. The molecule has 120 valence electrons. The smallest absolute Gasteiger partial charge is 0.136 e. The summed E-state index contributed by atoms with van der Waals surface area (Å²) in [5.74, 6) is 0. The first kappa shape index (κ1) is 15.6. The molecule has 1 aliphatic rings. The number of hydrogen-bond donors (Lipinski definition) is 1. The zero-order valence-corrected chi connectivity index (χ0v) is 15.6. The van der Waals surface area contributed by atoms with Crippen LogP contribution in [0.5, 0.6) is 0 Å². The molecule has 1 aliphatic carbocycles. The van der Waals surface area contributed by atoms with E-state index in [0.717, 1.165) is 21.0 Å². The largest absolute Gasteiger partial charge is 0.456 e. The van der Waals surface area contributed by atoms with E-state index in [1.165, 1.54) is 42.4 Å². The summed E-state index contributed by atoms with van der Waals surface area (Å²) in [5.41, 5.74) is 2.16. The molecule has 0 radical (unpaired) electrons. The highest BCUT2D eigenvalue weighted by Gasteiger charge is 2.26. The van der Waals surface area contributed by atoms with Gasteiger partial charge in [0.25, 0.3) is 0 Å². The molecule has 0 atom stereocenters. The summed E-state index contributed by atoms with van der Waals surface area (Å²) >= 11 is 5.27. The summed E-state index contributed by atoms with van der Waals surface area (Å²) in [5, 5.41) is 2.34. The third kappa shape index (κ3) is 3.17. The molecule has 1 aromatic heterocycles. The zero-order valence-electron chi connectivity index (χ0n) is 13.2. The molecule has 0 spiro atoms. The Bertz CT molecular complexity index is 851. The molecule has 1 saturated carbocycles. The number of benzene rings is 2. The van der Waals surface area contributed by atoms with Crippen LogP contribution in [0.2, 0.25) is 0 Å². The Labute approximate surface area is 149 Å². The van der Waals surface area contributed by atoms with Crippen LogP contribution >= 0.6 is 27.9 Å². The van der Waals surface area contributed by atoms with Gasteiger partial charge in [0, 0.05) is 25.7 Å². The van der Waals surface area contributed by atoms with Crippen LogP contribution < -0.4 is 4.72 Å². The Morgan fingerprint density at radius 3 is 2.65 bits per heavy atom. The maximum atomic E-state index is 6.00. The highest BCUT2D eigenvalue weighted by atomic mass is 79.9. The maximum Gasteiger partial charge on any atom is 0.136 e. The first-order chi connectivity index (χ1) is 11.1. The van der Waals surface area contributed by atoms with E-state index in [9.17, 15) is 0 Å². The molecule has 1 heterocycles. The van der Waals surface area contributed by atoms with Crippen molar-refractivity contribution < 1.29 is 4.42 Å². The Morgan fingerprint density at radius 2 is 1.83 bits per heavy atom. The van der Waals surface area contributed by atoms with Crippen molar-refractivity contribution in [2.45, 2.75) is 49.5 Å². The van der Waals surface area contributed by atoms with Gasteiger partial charge in [0.1, 0.15) is 11.2 Å². The van der Waals surface area contributed by atoms with Crippen LogP contribution in [0.3, 0.4) is 0 Å². The minimum atomic E-state index is 0.261. The van der Waals surface area contributed by atoms with Crippen molar-refractivity contribution >= 4 is 49.8 Å². The third-order valence-electron chi connectivity index (χ3n) is 4.78. The Balaban J connectivity index is 1.60. The minimum Gasteiger partial charge on any atom is -0.456 e. The van der Waals surface area contributed by atoms with Crippen molar-refractivity contribution in [3.05, 3.63) is 40.9 Å². The Hall–Kier alpha value is -0.970. The average Bonchev–Trinajstić information content (AvgIpc) is 2.91. The fraction of sp³-hybridized carbons (Fsp3) is 0.368. The van der Waals surface area contributed by atoms with E-state index in [-0.39, 0.29) is 5.54 Å². The van der Waals surface area contributed by atoms with Crippen LogP contribution in [-0.2, 0) is 0 Å². The van der Waals surface area contributed by atoms with E-state index in [1.807, 2.05) is 12.1 Å². The van der Waals surface area contributed by atoms with E-state index in [0.29, 0.717) is 0 Å². The molecule has 1 N–H and O–H groups in total. The van der Waals surface area contributed by atoms with Gasteiger partial charge in [-0.2, -0.15) is 0 Å². The number of halogens is 1. The van der Waals surface area contributed by atoms with E-state index in [4.69, 9.17) is 4.42 Å². The molecule has 1 fully saturated rings. The number of fused-ring (bicyclic) bond motifs is 3. The molecule has 3 aromatic rings. The van der Waals surface area contributed by atoms with Gasteiger partial charge < -0.3 is 4.42 Å². The topological polar surface area (TPSA) is 25.2 Å². The van der Waals surface area contributed by atoms with Crippen molar-refractivity contribution in [1.29, 1.82) is 0 Å². The fourth-order valence-corrected chi connectivity index (χ4v) is 4.64. The third-order valence-corrected chi connectivity index (χ3v) is 6.35. The molecular formula is C19H20BrNOS. The fourth-order valence-electron chi connectivity index (χ4n) is 3.41. The van der Waals surface area contributed by atoms with Crippen LogP contribution in [0.1, 0.15) is 39.0 Å². The number of rotatable bonds is 3. The van der Waals surface area contributed by atoms with Crippen LogP contribution in [0.25, 0.3) is 21.9 Å². The predicted molar refractivity (Wildman–Crippen MR) is 102 cm³/mol. The van der Waals surface area contributed by atoms with Crippen molar-refractivity contribution in [3.63, 3.8) is 0 Å². The second-order valence-electron chi connectivity index (χ2n) is 6.73. The second kappa shape index (κ2) is 6.15. The molecule has 4 rings (SSSR count).